The Morgan fingerprint density at radius 3 is 2.53 bits per heavy atom. The van der Waals surface area contributed by atoms with Crippen molar-refractivity contribution < 1.29 is 4.79 Å². The molecule has 3 heteroatoms. The van der Waals surface area contributed by atoms with Crippen LogP contribution >= 0.6 is 0 Å². The number of hydrogen-bond donors (Lipinski definition) is 2. The van der Waals surface area contributed by atoms with Gasteiger partial charge in [0.25, 0.3) is 0 Å². The molecular formula is C16H24N2O. The van der Waals surface area contributed by atoms with E-state index in [0.717, 1.165) is 17.3 Å². The molecule has 1 amide bonds. The molecular weight excluding hydrogens is 236 g/mol. The van der Waals surface area contributed by atoms with Gasteiger partial charge >= 0.3 is 0 Å². The number of hydrogen-bond acceptors (Lipinski definition) is 2. The summed E-state index contributed by atoms with van der Waals surface area (Å²) in [7, 11) is 0. The summed E-state index contributed by atoms with van der Waals surface area (Å²) in [5.74, 6) is 0.839. The van der Waals surface area contributed by atoms with Gasteiger partial charge < -0.3 is 10.6 Å². The van der Waals surface area contributed by atoms with Gasteiger partial charge in [-0.05, 0) is 56.2 Å². The second-order valence-corrected chi connectivity index (χ2v) is 5.81. The number of rotatable bonds is 3. The van der Waals surface area contributed by atoms with E-state index in [2.05, 4.69) is 30.5 Å². The van der Waals surface area contributed by atoms with Crippen LogP contribution in [-0.2, 0) is 4.79 Å². The van der Waals surface area contributed by atoms with Crippen LogP contribution in [-0.4, -0.2) is 11.9 Å². The number of aryl methyl sites for hydroxylation is 1. The fourth-order valence-electron chi connectivity index (χ4n) is 2.68. The highest BCUT2D eigenvalue weighted by Gasteiger charge is 2.18. The largest absolute Gasteiger partial charge is 0.382 e. The lowest BCUT2D eigenvalue weighted by Crippen LogP contribution is -2.25. The molecule has 0 unspecified atom stereocenters. The van der Waals surface area contributed by atoms with Crippen molar-refractivity contribution in [2.75, 3.05) is 10.6 Å². The van der Waals surface area contributed by atoms with Crippen LogP contribution in [0.1, 0.15) is 45.1 Å². The van der Waals surface area contributed by atoms with E-state index in [1.54, 1.807) is 0 Å². The van der Waals surface area contributed by atoms with Crippen LogP contribution in [0.25, 0.3) is 0 Å². The number of amides is 1. The van der Waals surface area contributed by atoms with Crippen LogP contribution in [0.3, 0.4) is 0 Å². The van der Waals surface area contributed by atoms with E-state index < -0.39 is 0 Å². The zero-order chi connectivity index (χ0) is 13.8. The number of nitrogens with one attached hydrogen (secondary N) is 2. The zero-order valence-corrected chi connectivity index (χ0v) is 12.1. The lowest BCUT2D eigenvalue weighted by atomic mass is 9.87. The fraction of sp³-hybridized carbons (Fsp3) is 0.562. The van der Waals surface area contributed by atoms with Crippen molar-refractivity contribution in [3.8, 4) is 0 Å². The Kier molecular flexibility index (Phi) is 4.46. The van der Waals surface area contributed by atoms with Gasteiger partial charge in [-0.2, -0.15) is 0 Å². The minimum absolute atomic E-state index is 0.0266. The highest BCUT2D eigenvalue weighted by molar-refractivity contribution is 5.89. The number of carbonyl (C=O) groups is 1. The molecule has 1 aliphatic carbocycles. The summed E-state index contributed by atoms with van der Waals surface area (Å²) in [5.41, 5.74) is 3.24. The van der Waals surface area contributed by atoms with Gasteiger partial charge in [-0.3, -0.25) is 4.79 Å². The van der Waals surface area contributed by atoms with Crippen molar-refractivity contribution in [3.05, 3.63) is 23.8 Å². The van der Waals surface area contributed by atoms with Crippen molar-refractivity contribution in [1.29, 1.82) is 0 Å². The maximum Gasteiger partial charge on any atom is 0.221 e. The summed E-state index contributed by atoms with van der Waals surface area (Å²) in [6.45, 7) is 5.97. The van der Waals surface area contributed by atoms with Gasteiger partial charge in [-0.15, -0.1) is 0 Å². The van der Waals surface area contributed by atoms with Crippen LogP contribution in [0, 0.1) is 12.8 Å². The second-order valence-electron chi connectivity index (χ2n) is 5.81. The minimum Gasteiger partial charge on any atom is -0.382 e. The Morgan fingerprint density at radius 1 is 1.21 bits per heavy atom. The molecule has 2 rings (SSSR count). The first kappa shape index (κ1) is 13.9. The van der Waals surface area contributed by atoms with Gasteiger partial charge in [-0.25, -0.2) is 0 Å². The third-order valence-electron chi connectivity index (χ3n) is 3.93. The summed E-state index contributed by atoms with van der Waals surface area (Å²) in [6, 6.07) is 6.61. The maximum atomic E-state index is 11.1. The standard InChI is InChI=1S/C16H24N2O/c1-11-4-7-14(8-5-11)18-16-10-15(17-13(3)19)9-6-12(16)2/h6,9-11,14,18H,4-5,7-8H2,1-3H3,(H,17,19). The second kappa shape index (κ2) is 6.09. The molecule has 1 aliphatic rings. The third kappa shape index (κ3) is 3.98. The number of carbonyl (C=O) groups excluding carboxylic acids is 1. The molecule has 1 saturated carbocycles. The molecule has 1 aromatic rings. The van der Waals surface area contributed by atoms with Crippen molar-refractivity contribution in [2.45, 2.75) is 52.5 Å². The Labute approximate surface area is 115 Å². The highest BCUT2D eigenvalue weighted by atomic mass is 16.1. The van der Waals surface area contributed by atoms with Gasteiger partial charge in [-0.1, -0.05) is 13.0 Å². The third-order valence-corrected chi connectivity index (χ3v) is 3.93. The number of anilines is 2. The average Bonchev–Trinajstić information content (AvgIpc) is 2.35. The monoisotopic (exact) mass is 260 g/mol. The van der Waals surface area contributed by atoms with Crippen LogP contribution in [0.4, 0.5) is 11.4 Å². The van der Waals surface area contributed by atoms with E-state index in [4.69, 9.17) is 0 Å². The highest BCUT2D eigenvalue weighted by Crippen LogP contribution is 2.28. The molecule has 0 heterocycles. The van der Waals surface area contributed by atoms with Crippen molar-refractivity contribution in [3.63, 3.8) is 0 Å². The van der Waals surface area contributed by atoms with Crippen molar-refractivity contribution in [2.24, 2.45) is 5.92 Å². The van der Waals surface area contributed by atoms with E-state index in [1.165, 1.54) is 38.2 Å². The molecule has 3 nitrogen and oxygen atoms in total. The van der Waals surface area contributed by atoms with E-state index in [9.17, 15) is 4.79 Å². The molecule has 104 valence electrons. The summed E-state index contributed by atoms with van der Waals surface area (Å²) in [4.78, 5) is 11.1. The Hall–Kier alpha value is -1.51. The van der Waals surface area contributed by atoms with Gasteiger partial charge in [0.15, 0.2) is 0 Å². The van der Waals surface area contributed by atoms with Crippen molar-refractivity contribution in [1.82, 2.24) is 0 Å². The SMILES string of the molecule is CC(=O)Nc1ccc(C)c(NC2CCC(C)CC2)c1. The van der Waals surface area contributed by atoms with E-state index in [-0.39, 0.29) is 5.91 Å². The molecule has 0 radical (unpaired) electrons. The van der Waals surface area contributed by atoms with Crippen LogP contribution in [0.5, 0.6) is 0 Å². The average molecular weight is 260 g/mol. The van der Waals surface area contributed by atoms with Gasteiger partial charge in [0.1, 0.15) is 0 Å². The topological polar surface area (TPSA) is 41.1 Å². The lowest BCUT2D eigenvalue weighted by Gasteiger charge is -2.28. The summed E-state index contributed by atoms with van der Waals surface area (Å²) in [6.07, 6.45) is 5.10. The summed E-state index contributed by atoms with van der Waals surface area (Å²) in [5, 5.41) is 6.47. The molecule has 0 aromatic heterocycles. The predicted molar refractivity (Wildman–Crippen MR) is 80.5 cm³/mol. The molecule has 1 aromatic carbocycles. The fourth-order valence-corrected chi connectivity index (χ4v) is 2.68. The van der Waals surface area contributed by atoms with Crippen LogP contribution in [0.2, 0.25) is 0 Å². The Morgan fingerprint density at radius 2 is 1.89 bits per heavy atom. The normalized spacial score (nSPS) is 22.9. The minimum atomic E-state index is -0.0266. The molecule has 0 saturated heterocycles. The Bertz CT molecular complexity index is 448. The molecule has 0 aliphatic heterocycles. The van der Waals surface area contributed by atoms with Gasteiger partial charge in [0.05, 0.1) is 0 Å². The van der Waals surface area contributed by atoms with Gasteiger partial charge in [0, 0.05) is 24.3 Å². The van der Waals surface area contributed by atoms with E-state index in [0.29, 0.717) is 6.04 Å². The molecule has 0 spiro atoms. The molecule has 19 heavy (non-hydrogen) atoms. The maximum absolute atomic E-state index is 11.1. The molecule has 2 N–H and O–H groups in total. The molecule has 1 fully saturated rings. The summed E-state index contributed by atoms with van der Waals surface area (Å²) < 4.78 is 0. The quantitative estimate of drug-likeness (QED) is 0.864. The molecule has 0 atom stereocenters. The van der Waals surface area contributed by atoms with E-state index in [1.807, 2.05) is 12.1 Å². The first-order valence-corrected chi connectivity index (χ1v) is 7.19. The van der Waals surface area contributed by atoms with Crippen LogP contribution in [0.15, 0.2) is 18.2 Å². The Balaban J connectivity index is 2.04. The van der Waals surface area contributed by atoms with Gasteiger partial charge in [0.2, 0.25) is 5.91 Å². The predicted octanol–water partition coefficient (Wildman–Crippen LogP) is 3.94. The van der Waals surface area contributed by atoms with Crippen LogP contribution < -0.4 is 10.6 Å². The van der Waals surface area contributed by atoms with E-state index >= 15 is 0 Å². The first-order valence-electron chi connectivity index (χ1n) is 7.19. The summed E-state index contributed by atoms with van der Waals surface area (Å²) >= 11 is 0. The molecule has 0 bridgehead atoms. The number of benzene rings is 1. The van der Waals surface area contributed by atoms with Crippen molar-refractivity contribution >= 4 is 17.3 Å². The first-order chi connectivity index (χ1) is 9.04. The zero-order valence-electron chi connectivity index (χ0n) is 12.1. The smallest absolute Gasteiger partial charge is 0.221 e. The lowest BCUT2D eigenvalue weighted by molar-refractivity contribution is -0.114.